The van der Waals surface area contributed by atoms with Crippen molar-refractivity contribution in [2.24, 2.45) is 0 Å². The number of carbonyl (C=O) groups is 1. The van der Waals surface area contributed by atoms with Crippen LogP contribution in [0.3, 0.4) is 0 Å². The summed E-state index contributed by atoms with van der Waals surface area (Å²) in [6.45, 7) is 0. The molecule has 86 valence electrons. The number of hydrogen-bond acceptors (Lipinski definition) is 4. The monoisotopic (exact) mass is 233 g/mol. The van der Waals surface area contributed by atoms with E-state index in [1.165, 1.54) is 6.07 Å². The summed E-state index contributed by atoms with van der Waals surface area (Å²) >= 11 is 0. The molecule has 0 saturated heterocycles. The lowest BCUT2D eigenvalue weighted by Crippen LogP contribution is -2.13. The van der Waals surface area contributed by atoms with Gasteiger partial charge in [0.15, 0.2) is 11.2 Å². The van der Waals surface area contributed by atoms with Crippen LogP contribution < -0.4 is 10.9 Å². The first-order valence-corrected chi connectivity index (χ1v) is 4.63. The number of aromatic nitrogens is 1. The Labute approximate surface area is 94.0 Å². The second kappa shape index (κ2) is 3.75. The highest BCUT2D eigenvalue weighted by Crippen LogP contribution is 2.09. The van der Waals surface area contributed by atoms with Crippen molar-refractivity contribution in [3.63, 3.8) is 0 Å². The molecular weight excluding hydrogens is 226 g/mol. The second-order valence-corrected chi connectivity index (χ2v) is 3.36. The van der Waals surface area contributed by atoms with Gasteiger partial charge in [-0.2, -0.15) is 0 Å². The van der Waals surface area contributed by atoms with Crippen molar-refractivity contribution >= 4 is 17.0 Å². The Bertz CT molecular complexity index is 732. The average Bonchev–Trinajstić information content (AvgIpc) is 2.41. The Balaban J connectivity index is 3.09. The lowest BCUT2D eigenvalue weighted by atomic mass is 10.2. The summed E-state index contributed by atoms with van der Waals surface area (Å²) < 4.78 is 0.801. The van der Waals surface area contributed by atoms with Gasteiger partial charge in [-0.05, 0) is 12.1 Å². The fourth-order valence-corrected chi connectivity index (χ4v) is 1.50. The fraction of sp³-hybridized carbons (Fsp3) is 0. The van der Waals surface area contributed by atoms with Gasteiger partial charge in [-0.15, -0.1) is 0 Å². The van der Waals surface area contributed by atoms with Crippen LogP contribution in [0, 0.1) is 0 Å². The zero-order valence-corrected chi connectivity index (χ0v) is 8.45. The number of pyridine rings is 1. The van der Waals surface area contributed by atoms with Gasteiger partial charge in [0, 0.05) is 18.3 Å². The Hall–Kier alpha value is -2.63. The van der Waals surface area contributed by atoms with Gasteiger partial charge in [-0.1, -0.05) is 0 Å². The highest BCUT2D eigenvalue weighted by atomic mass is 16.4. The molecule has 0 aliphatic rings. The minimum absolute atomic E-state index is 0.0439. The molecule has 1 aromatic carbocycles. The molecule has 2 N–H and O–H groups in total. The quantitative estimate of drug-likeness (QED) is 0.694. The third kappa shape index (κ3) is 1.76. The maximum atomic E-state index is 11.5. The normalized spacial score (nSPS) is 10.4. The van der Waals surface area contributed by atoms with Crippen LogP contribution >= 0.6 is 0 Å². The zero-order valence-electron chi connectivity index (χ0n) is 8.45. The summed E-state index contributed by atoms with van der Waals surface area (Å²) in [7, 11) is 0. The van der Waals surface area contributed by atoms with Crippen LogP contribution in [-0.2, 0) is 0 Å². The summed E-state index contributed by atoms with van der Waals surface area (Å²) in [4.78, 5) is 33.8. The van der Waals surface area contributed by atoms with Gasteiger partial charge in [0.05, 0.1) is 10.9 Å². The lowest BCUT2D eigenvalue weighted by molar-refractivity contribution is 0.197. The van der Waals surface area contributed by atoms with Crippen molar-refractivity contribution in [2.45, 2.75) is 0 Å². The Kier molecular flexibility index (Phi) is 2.40. The van der Waals surface area contributed by atoms with Crippen molar-refractivity contribution < 1.29 is 15.0 Å². The third-order valence-electron chi connectivity index (χ3n) is 2.31. The molecule has 6 nitrogen and oxygen atoms in total. The number of rotatable bonds is 0. The van der Waals surface area contributed by atoms with Crippen molar-refractivity contribution in [3.8, 4) is 5.75 Å². The zero-order chi connectivity index (χ0) is 12.6. The summed E-state index contributed by atoms with van der Waals surface area (Å²) in [5, 5.41) is 18.1. The molecule has 1 aromatic heterocycles. The van der Waals surface area contributed by atoms with E-state index in [4.69, 9.17) is 5.11 Å². The molecule has 0 aliphatic heterocycles. The first kappa shape index (κ1) is 10.9. The molecule has 2 rings (SSSR count). The molecular formula is C11H7NO5. The largest absolute Gasteiger partial charge is 0.504 e. The average molecular weight is 233 g/mol. The van der Waals surface area contributed by atoms with Crippen molar-refractivity contribution in [2.75, 3.05) is 0 Å². The van der Waals surface area contributed by atoms with Gasteiger partial charge in [0.25, 0.3) is 0 Å². The van der Waals surface area contributed by atoms with E-state index >= 15 is 0 Å². The molecule has 0 aliphatic carbocycles. The smallest absolute Gasteiger partial charge is 0.416 e. The van der Waals surface area contributed by atoms with E-state index in [-0.39, 0.29) is 10.9 Å². The first-order chi connectivity index (χ1) is 8.00. The number of carboxylic acid groups (broad SMARTS) is 1. The highest BCUT2D eigenvalue weighted by molar-refractivity contribution is 5.86. The minimum Gasteiger partial charge on any atom is -0.504 e. The van der Waals surface area contributed by atoms with Crippen LogP contribution in [0.1, 0.15) is 0 Å². The highest BCUT2D eigenvalue weighted by Gasteiger charge is 2.08. The third-order valence-corrected chi connectivity index (χ3v) is 2.31. The summed E-state index contributed by atoms with van der Waals surface area (Å²) in [5.74, 6) is -0.544. The topological polar surface area (TPSA) is 96.6 Å². The SMILES string of the molecule is O=C(O)n1ccc(=O)c2cc(=O)c(O)ccc21. The van der Waals surface area contributed by atoms with E-state index in [1.807, 2.05) is 0 Å². The maximum Gasteiger partial charge on any atom is 0.416 e. The van der Waals surface area contributed by atoms with E-state index in [2.05, 4.69) is 0 Å². The van der Waals surface area contributed by atoms with Crippen molar-refractivity contribution in [1.82, 2.24) is 4.57 Å². The molecule has 0 atom stereocenters. The van der Waals surface area contributed by atoms with Gasteiger partial charge in [0.1, 0.15) is 0 Å². The van der Waals surface area contributed by atoms with E-state index in [0.29, 0.717) is 0 Å². The molecule has 0 spiro atoms. The van der Waals surface area contributed by atoms with Gasteiger partial charge >= 0.3 is 6.09 Å². The number of hydrogen-bond donors (Lipinski definition) is 2. The molecule has 0 radical (unpaired) electrons. The molecule has 0 saturated carbocycles. The van der Waals surface area contributed by atoms with E-state index in [9.17, 15) is 19.5 Å². The lowest BCUT2D eigenvalue weighted by Gasteiger charge is -2.01. The number of nitrogens with zero attached hydrogens (tertiary/aromatic N) is 1. The van der Waals surface area contributed by atoms with Gasteiger partial charge in [-0.25, -0.2) is 4.79 Å². The molecule has 1 heterocycles. The number of fused-ring (bicyclic) bond motifs is 1. The van der Waals surface area contributed by atoms with E-state index in [0.717, 1.165) is 29.0 Å². The molecule has 0 bridgehead atoms. The molecule has 2 aromatic rings. The van der Waals surface area contributed by atoms with Crippen molar-refractivity contribution in [3.05, 3.63) is 50.9 Å². The van der Waals surface area contributed by atoms with Gasteiger partial charge in [-0.3, -0.25) is 14.2 Å². The summed E-state index contributed by atoms with van der Waals surface area (Å²) in [6.07, 6.45) is -0.192. The van der Waals surface area contributed by atoms with Gasteiger partial charge in [0.2, 0.25) is 5.43 Å². The summed E-state index contributed by atoms with van der Waals surface area (Å²) in [6, 6.07) is 4.24. The van der Waals surface area contributed by atoms with E-state index in [1.54, 1.807) is 0 Å². The molecule has 17 heavy (non-hydrogen) atoms. The Morgan fingerprint density at radius 1 is 1.12 bits per heavy atom. The standard InChI is InChI=1S/C11H7NO5/c13-8-3-4-12(11(16)17)7-1-2-9(14)10(15)5-6(7)8/h1-5H,(H,14,15)(H,16,17). The maximum absolute atomic E-state index is 11.5. The second-order valence-electron chi connectivity index (χ2n) is 3.36. The summed E-state index contributed by atoms with van der Waals surface area (Å²) in [5.41, 5.74) is -1.17. The van der Waals surface area contributed by atoms with Crippen LogP contribution in [-0.4, -0.2) is 20.9 Å². The van der Waals surface area contributed by atoms with Crippen LogP contribution in [0.25, 0.3) is 10.9 Å². The minimum atomic E-state index is -1.28. The number of aromatic hydroxyl groups is 1. The Morgan fingerprint density at radius 3 is 2.47 bits per heavy atom. The van der Waals surface area contributed by atoms with Crippen molar-refractivity contribution in [1.29, 1.82) is 0 Å². The van der Waals surface area contributed by atoms with Gasteiger partial charge < -0.3 is 10.2 Å². The van der Waals surface area contributed by atoms with Crippen LogP contribution in [0.2, 0.25) is 0 Å². The molecule has 6 heteroatoms. The van der Waals surface area contributed by atoms with Crippen LogP contribution in [0.4, 0.5) is 4.79 Å². The van der Waals surface area contributed by atoms with Crippen LogP contribution in [0.5, 0.6) is 5.75 Å². The molecule has 0 fully saturated rings. The van der Waals surface area contributed by atoms with E-state index < -0.39 is 22.7 Å². The first-order valence-electron chi connectivity index (χ1n) is 4.63. The Morgan fingerprint density at radius 2 is 1.82 bits per heavy atom. The van der Waals surface area contributed by atoms with Crippen LogP contribution in [0.15, 0.2) is 40.1 Å². The fourth-order valence-electron chi connectivity index (χ4n) is 1.50. The predicted octanol–water partition coefficient (Wildman–Crippen LogP) is 0.593. The molecule has 0 unspecified atom stereocenters. The molecule has 0 amide bonds. The predicted molar refractivity (Wildman–Crippen MR) is 59.6 cm³/mol.